The van der Waals surface area contributed by atoms with Gasteiger partial charge in [0.1, 0.15) is 17.1 Å². The van der Waals surface area contributed by atoms with Crippen LogP contribution in [0.4, 0.5) is 0 Å². The van der Waals surface area contributed by atoms with Crippen LogP contribution >= 0.6 is 23.5 Å². The maximum atomic E-state index is 12.0. The highest BCUT2D eigenvalue weighted by atomic mass is 32.2. The molecule has 2 atom stereocenters. The summed E-state index contributed by atoms with van der Waals surface area (Å²) in [7, 11) is 0. The number of fused-ring (bicyclic) bond motifs is 1. The number of thioether (sulfide) groups is 2. The number of aliphatic carboxylic acids is 1. The van der Waals surface area contributed by atoms with Crippen molar-refractivity contribution in [3.63, 3.8) is 0 Å². The van der Waals surface area contributed by atoms with Gasteiger partial charge >= 0.3 is 5.97 Å². The number of carboxylic acids is 1. The summed E-state index contributed by atoms with van der Waals surface area (Å²) < 4.78 is 0. The predicted molar refractivity (Wildman–Crippen MR) is 80.6 cm³/mol. The van der Waals surface area contributed by atoms with E-state index in [-0.39, 0.29) is 17.0 Å². The number of carboxylic acid groups (broad SMARTS) is 1. The number of nitrogens with zero attached hydrogens (tertiary/aromatic N) is 2. The minimum Gasteiger partial charge on any atom is -0.477 e. The number of carbonyl (C=O) groups is 3. The second-order valence-corrected chi connectivity index (χ2v) is 6.82. The fourth-order valence-corrected chi connectivity index (χ4v) is 4.89. The van der Waals surface area contributed by atoms with Crippen LogP contribution in [0, 0.1) is 0 Å². The Morgan fingerprint density at radius 2 is 2.50 bits per heavy atom. The molecule has 8 nitrogen and oxygen atoms in total. The van der Waals surface area contributed by atoms with E-state index in [4.69, 9.17) is 0 Å². The van der Waals surface area contributed by atoms with Crippen LogP contribution in [0.2, 0.25) is 0 Å². The first-order valence-corrected chi connectivity index (χ1v) is 8.38. The van der Waals surface area contributed by atoms with Crippen LogP contribution in [0.3, 0.4) is 0 Å². The molecule has 0 unspecified atom stereocenters. The summed E-state index contributed by atoms with van der Waals surface area (Å²) in [6.45, 7) is 0. The number of hydrogen-bond acceptors (Lipinski definition) is 6. The molecule has 3 rings (SSSR count). The van der Waals surface area contributed by atoms with Crippen molar-refractivity contribution in [2.75, 3.05) is 5.75 Å². The van der Waals surface area contributed by atoms with Crippen LogP contribution in [0.5, 0.6) is 0 Å². The molecular weight excluding hydrogens is 328 g/mol. The summed E-state index contributed by atoms with van der Waals surface area (Å²) in [6.07, 6.45) is 3.88. The van der Waals surface area contributed by atoms with Gasteiger partial charge in [0.25, 0.3) is 5.91 Å². The van der Waals surface area contributed by atoms with Crippen LogP contribution in [0.1, 0.15) is 5.56 Å². The molecule has 2 aliphatic rings. The van der Waals surface area contributed by atoms with Gasteiger partial charge in [-0.25, -0.2) is 4.79 Å². The van der Waals surface area contributed by atoms with Gasteiger partial charge in [0.15, 0.2) is 0 Å². The summed E-state index contributed by atoms with van der Waals surface area (Å²) in [5, 5.41) is 18.1. The Morgan fingerprint density at radius 3 is 3.14 bits per heavy atom. The van der Waals surface area contributed by atoms with Crippen molar-refractivity contribution in [1.29, 1.82) is 0 Å². The molecule has 1 saturated heterocycles. The second-order valence-electron chi connectivity index (χ2n) is 4.64. The third-order valence-electron chi connectivity index (χ3n) is 3.35. The quantitative estimate of drug-likeness (QED) is 0.492. The van der Waals surface area contributed by atoms with Gasteiger partial charge in [-0.05, 0) is 0 Å². The van der Waals surface area contributed by atoms with Crippen LogP contribution in [-0.2, 0) is 20.1 Å². The van der Waals surface area contributed by atoms with Crippen LogP contribution in [0.25, 0.3) is 0 Å². The summed E-state index contributed by atoms with van der Waals surface area (Å²) in [4.78, 5) is 36.0. The van der Waals surface area contributed by atoms with Gasteiger partial charge < -0.3 is 10.4 Å². The molecule has 1 aromatic rings. The molecule has 2 amide bonds. The maximum absolute atomic E-state index is 12.0. The monoisotopic (exact) mass is 340 g/mol. The summed E-state index contributed by atoms with van der Waals surface area (Å²) in [5.74, 6) is -0.442. The zero-order chi connectivity index (χ0) is 15.7. The summed E-state index contributed by atoms with van der Waals surface area (Å²) in [6, 6.07) is -0.641. The first-order valence-electron chi connectivity index (χ1n) is 6.34. The first kappa shape index (κ1) is 15.0. The molecule has 3 N–H and O–H groups in total. The molecule has 0 radical (unpaired) electrons. The normalized spacial score (nSPS) is 23.8. The maximum Gasteiger partial charge on any atom is 0.353 e. The average molecular weight is 340 g/mol. The molecule has 1 aromatic heterocycles. The number of amides is 2. The lowest BCUT2D eigenvalue weighted by atomic mass is 10.1. The number of aromatic amines is 1. The van der Waals surface area contributed by atoms with Gasteiger partial charge in [0.05, 0.1) is 6.20 Å². The third-order valence-corrected chi connectivity index (χ3v) is 5.98. The van der Waals surface area contributed by atoms with Crippen molar-refractivity contribution >= 4 is 41.8 Å². The smallest absolute Gasteiger partial charge is 0.353 e. The van der Waals surface area contributed by atoms with E-state index in [1.54, 1.807) is 12.4 Å². The summed E-state index contributed by atoms with van der Waals surface area (Å²) in [5.41, 5.74) is 0.969. The minimum absolute atomic E-state index is 0.0196. The Hall–Kier alpha value is -1.94. The Bertz CT molecular complexity index is 646. The molecule has 3 heterocycles. The van der Waals surface area contributed by atoms with E-state index < -0.39 is 12.0 Å². The highest BCUT2D eigenvalue weighted by molar-refractivity contribution is 8.05. The fraction of sp³-hybridized carbons (Fsp3) is 0.333. The van der Waals surface area contributed by atoms with Crippen molar-refractivity contribution in [2.45, 2.75) is 17.2 Å². The van der Waals surface area contributed by atoms with Crippen molar-refractivity contribution < 1.29 is 19.5 Å². The van der Waals surface area contributed by atoms with Crippen LogP contribution < -0.4 is 5.32 Å². The highest BCUT2D eigenvalue weighted by Crippen LogP contribution is 2.43. The van der Waals surface area contributed by atoms with E-state index in [1.807, 2.05) is 0 Å². The molecule has 0 bridgehead atoms. The van der Waals surface area contributed by atoms with Gasteiger partial charge in [-0.15, -0.1) is 23.5 Å². The standard InChI is InChI=1S/C12H12N4O4S2/c17-5-13-8-10(18)16-9(12(19)20)7(4-22-11(8)16)21-3-6-1-14-15-2-6/h1-2,5,8,11H,3-4H2,(H,13,17)(H,14,15)(H,19,20)/t8-,11+/m1/s1. The molecule has 10 heteroatoms. The number of hydrogen-bond donors (Lipinski definition) is 3. The van der Waals surface area contributed by atoms with Crippen molar-refractivity contribution in [3.05, 3.63) is 28.6 Å². The highest BCUT2D eigenvalue weighted by Gasteiger charge is 2.53. The second kappa shape index (κ2) is 6.05. The van der Waals surface area contributed by atoms with Crippen LogP contribution in [0.15, 0.2) is 23.0 Å². The van der Waals surface area contributed by atoms with Crippen molar-refractivity contribution in [2.24, 2.45) is 0 Å². The van der Waals surface area contributed by atoms with Gasteiger partial charge in [-0.2, -0.15) is 5.10 Å². The minimum atomic E-state index is -1.13. The zero-order valence-electron chi connectivity index (χ0n) is 11.2. The molecule has 22 heavy (non-hydrogen) atoms. The topological polar surface area (TPSA) is 115 Å². The Kier molecular flexibility index (Phi) is 4.12. The number of H-pyrrole nitrogens is 1. The molecular formula is C12H12N4O4S2. The Balaban J connectivity index is 1.80. The lowest BCUT2D eigenvalue weighted by molar-refractivity contribution is -0.149. The average Bonchev–Trinajstić information content (AvgIpc) is 3.02. The Labute approximate surface area is 133 Å². The van der Waals surface area contributed by atoms with Crippen LogP contribution in [-0.4, -0.2) is 55.7 Å². The molecule has 0 aromatic carbocycles. The van der Waals surface area contributed by atoms with Gasteiger partial charge in [0.2, 0.25) is 6.41 Å². The number of nitrogens with one attached hydrogen (secondary N) is 2. The molecule has 0 aliphatic carbocycles. The van der Waals surface area contributed by atoms with E-state index >= 15 is 0 Å². The third kappa shape index (κ3) is 2.48. The van der Waals surface area contributed by atoms with Gasteiger partial charge in [-0.3, -0.25) is 19.6 Å². The first-order chi connectivity index (χ1) is 10.6. The van der Waals surface area contributed by atoms with E-state index in [1.165, 1.54) is 28.4 Å². The predicted octanol–water partition coefficient (Wildman–Crippen LogP) is -0.0312. The van der Waals surface area contributed by atoms with Gasteiger partial charge in [-0.1, -0.05) is 0 Å². The van der Waals surface area contributed by atoms with Gasteiger partial charge in [0, 0.05) is 28.2 Å². The molecule has 116 valence electrons. The SMILES string of the molecule is O=CN[C@@H]1C(=O)N2C(C(=O)O)=C(SCc3cn[nH]c3)CS[C@@H]12. The van der Waals surface area contributed by atoms with Crippen molar-refractivity contribution in [3.8, 4) is 0 Å². The number of β-lactam (4-membered cyclic amide) rings is 1. The van der Waals surface area contributed by atoms with Crippen molar-refractivity contribution in [1.82, 2.24) is 20.4 Å². The Morgan fingerprint density at radius 1 is 1.68 bits per heavy atom. The number of rotatable bonds is 6. The van der Waals surface area contributed by atoms with E-state index in [9.17, 15) is 19.5 Å². The lowest BCUT2D eigenvalue weighted by Gasteiger charge is -2.48. The molecule has 0 spiro atoms. The molecule has 2 aliphatic heterocycles. The zero-order valence-corrected chi connectivity index (χ0v) is 12.8. The largest absolute Gasteiger partial charge is 0.477 e. The van der Waals surface area contributed by atoms with E-state index in [2.05, 4.69) is 15.5 Å². The lowest BCUT2D eigenvalue weighted by Crippen LogP contribution is -2.69. The fourth-order valence-electron chi connectivity index (χ4n) is 2.32. The van der Waals surface area contributed by atoms with E-state index in [0.29, 0.717) is 22.8 Å². The van der Waals surface area contributed by atoms with E-state index in [0.717, 1.165) is 5.56 Å². The molecule has 1 fully saturated rings. The number of aromatic nitrogens is 2. The molecule has 0 saturated carbocycles. The number of carbonyl (C=O) groups excluding carboxylic acids is 2. The summed E-state index contributed by atoms with van der Waals surface area (Å²) >= 11 is 2.83.